The van der Waals surface area contributed by atoms with Crippen LogP contribution in [0.5, 0.6) is 0 Å². The molecule has 5 heteroatoms. The van der Waals surface area contributed by atoms with Crippen LogP contribution in [0.4, 0.5) is 10.1 Å². The molecular weight excluding hydrogens is 327 g/mol. The average Bonchev–Trinajstić information content (AvgIpc) is 2.68. The highest BCUT2D eigenvalue weighted by Gasteiger charge is 2.15. The van der Waals surface area contributed by atoms with Gasteiger partial charge in [0.15, 0.2) is 0 Å². The maximum Gasteiger partial charge on any atom is 0.145 e. The normalized spacial score (nSPS) is 15.3. The summed E-state index contributed by atoms with van der Waals surface area (Å²) in [6.45, 7) is 3.97. The number of halogens is 1. The second kappa shape index (κ2) is 7.38. The lowest BCUT2D eigenvalue weighted by Crippen LogP contribution is -2.35. The summed E-state index contributed by atoms with van der Waals surface area (Å²) in [5, 5.41) is 9.25. The average molecular weight is 350 g/mol. The molecule has 0 radical (unpaired) electrons. The number of anilines is 1. The number of pyridine rings is 2. The zero-order chi connectivity index (χ0) is 17.9. The van der Waals surface area contributed by atoms with Gasteiger partial charge in [0.25, 0.3) is 0 Å². The second-order valence-electron chi connectivity index (χ2n) is 6.80. The van der Waals surface area contributed by atoms with Crippen molar-refractivity contribution in [1.82, 2.24) is 15.3 Å². The van der Waals surface area contributed by atoms with Crippen LogP contribution in [0.15, 0.2) is 42.9 Å². The minimum Gasteiger partial charge on any atom is -0.382 e. The fourth-order valence-electron chi connectivity index (χ4n) is 3.56. The van der Waals surface area contributed by atoms with Crippen molar-refractivity contribution in [3.63, 3.8) is 0 Å². The molecule has 1 aromatic carbocycles. The van der Waals surface area contributed by atoms with Crippen LogP contribution in [-0.4, -0.2) is 29.1 Å². The van der Waals surface area contributed by atoms with Crippen LogP contribution in [-0.2, 0) is 6.42 Å². The van der Waals surface area contributed by atoms with E-state index in [9.17, 15) is 4.39 Å². The van der Waals surface area contributed by atoms with Crippen LogP contribution >= 0.6 is 0 Å². The smallest absolute Gasteiger partial charge is 0.145 e. The molecule has 1 saturated heterocycles. The third-order valence-electron chi connectivity index (χ3n) is 5.04. The van der Waals surface area contributed by atoms with Crippen molar-refractivity contribution in [3.05, 3.63) is 54.4 Å². The van der Waals surface area contributed by atoms with Gasteiger partial charge in [-0.3, -0.25) is 9.97 Å². The topological polar surface area (TPSA) is 49.8 Å². The Morgan fingerprint density at radius 2 is 2.00 bits per heavy atom. The van der Waals surface area contributed by atoms with E-state index >= 15 is 0 Å². The van der Waals surface area contributed by atoms with Crippen molar-refractivity contribution in [3.8, 4) is 11.1 Å². The summed E-state index contributed by atoms with van der Waals surface area (Å²) in [4.78, 5) is 8.56. The number of hydrogen-bond donors (Lipinski definition) is 2. The van der Waals surface area contributed by atoms with Gasteiger partial charge in [-0.05, 0) is 67.6 Å². The van der Waals surface area contributed by atoms with Crippen LogP contribution in [0.1, 0.15) is 25.5 Å². The molecule has 26 heavy (non-hydrogen) atoms. The molecule has 4 nitrogen and oxygen atoms in total. The number of hydrogen-bond acceptors (Lipinski definition) is 4. The first-order valence-electron chi connectivity index (χ1n) is 9.24. The van der Waals surface area contributed by atoms with Gasteiger partial charge in [0, 0.05) is 41.3 Å². The van der Waals surface area contributed by atoms with E-state index in [4.69, 9.17) is 0 Å². The highest BCUT2D eigenvalue weighted by molar-refractivity contribution is 5.97. The summed E-state index contributed by atoms with van der Waals surface area (Å²) in [6, 6.07) is 8.19. The lowest BCUT2D eigenvalue weighted by Gasteiger charge is -2.25. The molecule has 2 N–H and O–H groups in total. The van der Waals surface area contributed by atoms with Crippen molar-refractivity contribution in [2.24, 2.45) is 0 Å². The molecule has 1 fully saturated rings. The molecule has 134 valence electrons. The van der Waals surface area contributed by atoms with Crippen LogP contribution in [0.25, 0.3) is 21.9 Å². The van der Waals surface area contributed by atoms with Gasteiger partial charge in [-0.25, -0.2) is 4.39 Å². The molecular formula is C21H23FN4. The molecule has 0 bridgehead atoms. The molecule has 0 saturated carbocycles. The Labute approximate surface area is 152 Å². The number of aryl methyl sites for hydroxylation is 1. The molecule has 0 unspecified atom stereocenters. The van der Waals surface area contributed by atoms with Crippen LogP contribution in [0.3, 0.4) is 0 Å². The summed E-state index contributed by atoms with van der Waals surface area (Å²) in [7, 11) is 0. The zero-order valence-corrected chi connectivity index (χ0v) is 14.9. The van der Waals surface area contributed by atoms with E-state index in [0.29, 0.717) is 18.2 Å². The number of piperidine rings is 1. The molecule has 0 atom stereocenters. The van der Waals surface area contributed by atoms with E-state index in [2.05, 4.69) is 32.7 Å². The monoisotopic (exact) mass is 350 g/mol. The summed E-state index contributed by atoms with van der Waals surface area (Å²) in [6.07, 6.45) is 8.22. The van der Waals surface area contributed by atoms with Crippen molar-refractivity contribution in [1.29, 1.82) is 0 Å². The van der Waals surface area contributed by atoms with Gasteiger partial charge >= 0.3 is 0 Å². The largest absolute Gasteiger partial charge is 0.382 e. The number of benzene rings is 1. The Morgan fingerprint density at radius 3 is 2.77 bits per heavy atom. The molecule has 3 heterocycles. The van der Waals surface area contributed by atoms with E-state index in [1.54, 1.807) is 18.5 Å². The Balaban J connectivity index is 1.76. The van der Waals surface area contributed by atoms with Gasteiger partial charge in [-0.15, -0.1) is 0 Å². The van der Waals surface area contributed by atoms with Gasteiger partial charge in [-0.2, -0.15) is 0 Å². The van der Waals surface area contributed by atoms with Gasteiger partial charge in [0.1, 0.15) is 5.82 Å². The van der Waals surface area contributed by atoms with Crippen LogP contribution in [0.2, 0.25) is 0 Å². The Hall–Kier alpha value is -2.53. The number of aromatic nitrogens is 2. The first kappa shape index (κ1) is 16.9. The van der Waals surface area contributed by atoms with E-state index in [1.165, 1.54) is 0 Å². The molecule has 0 spiro atoms. The van der Waals surface area contributed by atoms with E-state index in [-0.39, 0.29) is 5.82 Å². The first-order valence-corrected chi connectivity index (χ1v) is 9.24. The standard InChI is InChI=1S/C21H23FN4/c1-2-20-19(22)10-16(12-25-20)15-9-14-3-6-24-13-18(14)21(11-15)26-17-4-7-23-8-5-17/h3,6,9-13,17,23,26H,2,4-5,7-8H2,1H3. The number of rotatable bonds is 4. The number of nitrogens with zero attached hydrogens (tertiary/aromatic N) is 2. The lowest BCUT2D eigenvalue weighted by molar-refractivity contribution is 0.479. The molecule has 1 aliphatic rings. The molecule has 2 aromatic heterocycles. The van der Waals surface area contributed by atoms with Gasteiger partial charge in [0.2, 0.25) is 0 Å². The molecule has 4 rings (SSSR count). The van der Waals surface area contributed by atoms with E-state index in [1.807, 2.05) is 19.2 Å². The van der Waals surface area contributed by atoms with E-state index < -0.39 is 0 Å². The summed E-state index contributed by atoms with van der Waals surface area (Å²) < 4.78 is 14.2. The first-order chi connectivity index (χ1) is 12.7. The Morgan fingerprint density at radius 1 is 1.15 bits per heavy atom. The van der Waals surface area contributed by atoms with Gasteiger partial charge in [0.05, 0.1) is 5.69 Å². The fraction of sp³-hybridized carbons (Fsp3) is 0.333. The lowest BCUT2D eigenvalue weighted by atomic mass is 10.00. The quantitative estimate of drug-likeness (QED) is 0.742. The molecule has 0 amide bonds. The third-order valence-corrected chi connectivity index (χ3v) is 5.04. The number of fused-ring (bicyclic) bond motifs is 1. The maximum absolute atomic E-state index is 14.2. The predicted molar refractivity (Wildman–Crippen MR) is 104 cm³/mol. The molecule has 0 aliphatic carbocycles. The third kappa shape index (κ3) is 3.40. The highest BCUT2D eigenvalue weighted by atomic mass is 19.1. The minimum atomic E-state index is -0.243. The Bertz CT molecular complexity index is 919. The molecule has 3 aromatic rings. The van der Waals surface area contributed by atoms with Crippen molar-refractivity contribution in [2.75, 3.05) is 18.4 Å². The maximum atomic E-state index is 14.2. The predicted octanol–water partition coefficient (Wildman–Crippen LogP) is 4.16. The highest BCUT2D eigenvalue weighted by Crippen LogP contribution is 2.32. The summed E-state index contributed by atoms with van der Waals surface area (Å²) >= 11 is 0. The van der Waals surface area contributed by atoms with Crippen molar-refractivity contribution in [2.45, 2.75) is 32.2 Å². The fourth-order valence-corrected chi connectivity index (χ4v) is 3.56. The van der Waals surface area contributed by atoms with Crippen molar-refractivity contribution >= 4 is 16.5 Å². The second-order valence-corrected chi connectivity index (χ2v) is 6.80. The number of nitrogens with one attached hydrogen (secondary N) is 2. The van der Waals surface area contributed by atoms with Crippen LogP contribution in [0, 0.1) is 5.82 Å². The zero-order valence-electron chi connectivity index (χ0n) is 14.9. The summed E-state index contributed by atoms with van der Waals surface area (Å²) in [5.74, 6) is -0.243. The van der Waals surface area contributed by atoms with Gasteiger partial charge < -0.3 is 10.6 Å². The van der Waals surface area contributed by atoms with Crippen molar-refractivity contribution < 1.29 is 4.39 Å². The Kier molecular flexibility index (Phi) is 4.80. The molecule has 1 aliphatic heterocycles. The summed E-state index contributed by atoms with van der Waals surface area (Å²) in [5.41, 5.74) is 3.32. The van der Waals surface area contributed by atoms with Crippen LogP contribution < -0.4 is 10.6 Å². The van der Waals surface area contributed by atoms with Gasteiger partial charge in [-0.1, -0.05) is 6.92 Å². The SMILES string of the molecule is CCc1ncc(-c2cc(NC3CCNCC3)c3cnccc3c2)cc1F. The van der Waals surface area contributed by atoms with E-state index in [0.717, 1.165) is 53.5 Å². The minimum absolute atomic E-state index is 0.243.